The van der Waals surface area contributed by atoms with E-state index in [-0.39, 0.29) is 11.3 Å². The molecule has 2 rings (SSSR count). The number of carbonyl (C=O) groups is 1. The van der Waals surface area contributed by atoms with Gasteiger partial charge in [-0.1, -0.05) is 12.1 Å². The lowest BCUT2D eigenvalue weighted by molar-refractivity contribution is 0.0981. The van der Waals surface area contributed by atoms with Gasteiger partial charge in [0.15, 0.2) is 0 Å². The highest BCUT2D eigenvalue weighted by atomic mass is 19.1. The number of nitrogens with zero attached hydrogens (tertiary/aromatic N) is 1. The molecular formula is C16H17FN2O2. The van der Waals surface area contributed by atoms with Crippen LogP contribution in [0.2, 0.25) is 0 Å². The fraction of sp³-hybridized carbons (Fsp3) is 0.188. The lowest BCUT2D eigenvalue weighted by Crippen LogP contribution is -2.31. The van der Waals surface area contributed by atoms with E-state index >= 15 is 0 Å². The molecule has 0 fully saturated rings. The van der Waals surface area contributed by atoms with Gasteiger partial charge in [-0.3, -0.25) is 4.79 Å². The molecule has 2 aromatic rings. The van der Waals surface area contributed by atoms with Gasteiger partial charge in [0.05, 0.1) is 7.11 Å². The predicted octanol–water partition coefficient (Wildman–Crippen LogP) is 3.08. The first-order valence-electron chi connectivity index (χ1n) is 6.58. The molecule has 0 aliphatic heterocycles. The van der Waals surface area contributed by atoms with Crippen molar-refractivity contribution >= 4 is 17.3 Å². The summed E-state index contributed by atoms with van der Waals surface area (Å²) in [5, 5.41) is 0. The zero-order chi connectivity index (χ0) is 15.4. The van der Waals surface area contributed by atoms with Crippen LogP contribution in [0, 0.1) is 5.82 Å². The largest absolute Gasteiger partial charge is 0.496 e. The van der Waals surface area contributed by atoms with Crippen LogP contribution in [0.5, 0.6) is 5.75 Å². The monoisotopic (exact) mass is 288 g/mol. The Kier molecular flexibility index (Phi) is 4.42. The number of benzene rings is 2. The van der Waals surface area contributed by atoms with Crippen molar-refractivity contribution in [3.05, 3.63) is 53.8 Å². The van der Waals surface area contributed by atoms with E-state index in [0.717, 1.165) is 0 Å². The summed E-state index contributed by atoms with van der Waals surface area (Å²) in [7, 11) is 1.41. The minimum Gasteiger partial charge on any atom is -0.496 e. The van der Waals surface area contributed by atoms with E-state index in [2.05, 4.69) is 0 Å². The number of amides is 1. The molecule has 0 radical (unpaired) electrons. The molecular weight excluding hydrogens is 271 g/mol. The fourth-order valence-electron chi connectivity index (χ4n) is 2.15. The second-order valence-electron chi connectivity index (χ2n) is 4.46. The molecule has 0 bridgehead atoms. The van der Waals surface area contributed by atoms with Crippen molar-refractivity contribution in [2.24, 2.45) is 0 Å². The van der Waals surface area contributed by atoms with Crippen molar-refractivity contribution in [1.82, 2.24) is 0 Å². The van der Waals surface area contributed by atoms with Gasteiger partial charge in [-0.2, -0.15) is 0 Å². The molecule has 5 heteroatoms. The minimum atomic E-state index is -0.610. The molecule has 2 aromatic carbocycles. The third-order valence-corrected chi connectivity index (χ3v) is 3.15. The van der Waals surface area contributed by atoms with E-state index in [1.165, 1.54) is 24.1 Å². The molecule has 0 heterocycles. The molecule has 21 heavy (non-hydrogen) atoms. The molecule has 0 aliphatic rings. The molecule has 4 nitrogen and oxygen atoms in total. The van der Waals surface area contributed by atoms with Gasteiger partial charge in [-0.05, 0) is 37.3 Å². The Morgan fingerprint density at radius 1 is 1.29 bits per heavy atom. The molecule has 0 spiro atoms. The first-order chi connectivity index (χ1) is 10.1. The number of carbonyl (C=O) groups excluding carboxylic acids is 1. The first-order valence-corrected chi connectivity index (χ1v) is 6.58. The van der Waals surface area contributed by atoms with Gasteiger partial charge in [0.2, 0.25) is 0 Å². The maximum Gasteiger partial charge on any atom is 0.265 e. The quantitative estimate of drug-likeness (QED) is 0.880. The Balaban J connectivity index is 2.47. The van der Waals surface area contributed by atoms with E-state index in [0.29, 0.717) is 17.9 Å². The van der Waals surface area contributed by atoms with Crippen molar-refractivity contribution in [1.29, 1.82) is 0 Å². The van der Waals surface area contributed by atoms with Gasteiger partial charge < -0.3 is 15.4 Å². The van der Waals surface area contributed by atoms with Gasteiger partial charge in [0.1, 0.15) is 17.1 Å². The molecule has 2 N–H and O–H groups in total. The first kappa shape index (κ1) is 14.8. The number of ether oxygens (including phenoxy) is 1. The molecule has 110 valence electrons. The molecule has 1 amide bonds. The van der Waals surface area contributed by atoms with E-state index in [1.807, 2.05) is 6.92 Å². The average Bonchev–Trinajstić information content (AvgIpc) is 2.47. The summed E-state index contributed by atoms with van der Waals surface area (Å²) in [6, 6.07) is 11.2. The average molecular weight is 288 g/mol. The van der Waals surface area contributed by atoms with Gasteiger partial charge >= 0.3 is 0 Å². The lowest BCUT2D eigenvalue weighted by atomic mass is 10.1. The normalized spacial score (nSPS) is 10.2. The van der Waals surface area contributed by atoms with Crippen LogP contribution in [-0.4, -0.2) is 19.6 Å². The molecule has 0 atom stereocenters. The van der Waals surface area contributed by atoms with E-state index < -0.39 is 11.7 Å². The summed E-state index contributed by atoms with van der Waals surface area (Å²) in [5.74, 6) is -0.859. The fourth-order valence-corrected chi connectivity index (χ4v) is 2.15. The van der Waals surface area contributed by atoms with Crippen LogP contribution >= 0.6 is 0 Å². The third-order valence-electron chi connectivity index (χ3n) is 3.15. The molecule has 0 aromatic heterocycles. The predicted molar refractivity (Wildman–Crippen MR) is 81.2 cm³/mol. The second kappa shape index (κ2) is 6.26. The topological polar surface area (TPSA) is 55.6 Å². The number of nitrogens with two attached hydrogens (primary N) is 1. The lowest BCUT2D eigenvalue weighted by Gasteiger charge is -2.22. The van der Waals surface area contributed by atoms with Crippen LogP contribution in [0.4, 0.5) is 15.8 Å². The van der Waals surface area contributed by atoms with Crippen LogP contribution < -0.4 is 15.4 Å². The van der Waals surface area contributed by atoms with Crippen LogP contribution in [0.25, 0.3) is 0 Å². The standard InChI is InChI=1S/C16H17FN2O2/c1-3-19(12-7-4-6-11(18)10-12)16(20)15-13(17)8-5-9-14(15)21-2/h4-10H,3,18H2,1-2H3. The maximum atomic E-state index is 14.0. The Hall–Kier alpha value is -2.56. The van der Waals surface area contributed by atoms with Gasteiger partial charge in [-0.25, -0.2) is 4.39 Å². The molecule has 0 aliphatic carbocycles. The molecule has 0 saturated carbocycles. The summed E-state index contributed by atoms with van der Waals surface area (Å²) in [4.78, 5) is 14.1. The number of rotatable bonds is 4. The SMILES string of the molecule is CCN(C(=O)c1c(F)cccc1OC)c1cccc(N)c1. The number of nitrogen functional groups attached to an aromatic ring is 1. The van der Waals surface area contributed by atoms with Crippen molar-refractivity contribution in [3.8, 4) is 5.75 Å². The number of hydrogen-bond acceptors (Lipinski definition) is 3. The number of halogens is 1. The summed E-state index contributed by atoms with van der Waals surface area (Å²) < 4.78 is 19.1. The van der Waals surface area contributed by atoms with Crippen LogP contribution in [0.1, 0.15) is 17.3 Å². The Morgan fingerprint density at radius 2 is 2.00 bits per heavy atom. The van der Waals surface area contributed by atoms with Crippen LogP contribution in [-0.2, 0) is 0 Å². The van der Waals surface area contributed by atoms with Crippen molar-refractivity contribution in [3.63, 3.8) is 0 Å². The van der Waals surface area contributed by atoms with E-state index in [4.69, 9.17) is 10.5 Å². The van der Waals surface area contributed by atoms with E-state index in [1.54, 1.807) is 30.3 Å². The second-order valence-corrected chi connectivity index (χ2v) is 4.46. The highest BCUT2D eigenvalue weighted by Gasteiger charge is 2.23. The molecule has 0 saturated heterocycles. The Labute approximate surface area is 122 Å². The third kappa shape index (κ3) is 2.97. The summed E-state index contributed by atoms with van der Waals surface area (Å²) in [6.45, 7) is 2.20. The Morgan fingerprint density at radius 3 is 2.62 bits per heavy atom. The zero-order valence-electron chi connectivity index (χ0n) is 12.0. The smallest absolute Gasteiger partial charge is 0.265 e. The minimum absolute atomic E-state index is 0.0794. The Bertz CT molecular complexity index is 658. The highest BCUT2D eigenvalue weighted by molar-refractivity contribution is 6.08. The summed E-state index contributed by atoms with van der Waals surface area (Å²) in [6.07, 6.45) is 0. The van der Waals surface area contributed by atoms with Gasteiger partial charge in [0.25, 0.3) is 5.91 Å². The summed E-state index contributed by atoms with van der Waals surface area (Å²) >= 11 is 0. The van der Waals surface area contributed by atoms with Crippen LogP contribution in [0.3, 0.4) is 0 Å². The van der Waals surface area contributed by atoms with Gasteiger partial charge in [-0.15, -0.1) is 0 Å². The summed E-state index contributed by atoms with van der Waals surface area (Å²) in [5.41, 5.74) is 6.82. The number of anilines is 2. The highest BCUT2D eigenvalue weighted by Crippen LogP contribution is 2.26. The van der Waals surface area contributed by atoms with Crippen molar-refractivity contribution in [2.45, 2.75) is 6.92 Å². The van der Waals surface area contributed by atoms with E-state index in [9.17, 15) is 9.18 Å². The zero-order valence-corrected chi connectivity index (χ0v) is 12.0. The molecule has 0 unspecified atom stereocenters. The maximum absolute atomic E-state index is 14.0. The number of methoxy groups -OCH3 is 1. The number of hydrogen-bond donors (Lipinski definition) is 1. The van der Waals surface area contributed by atoms with Gasteiger partial charge in [0, 0.05) is 17.9 Å². The van der Waals surface area contributed by atoms with Crippen molar-refractivity contribution in [2.75, 3.05) is 24.3 Å². The van der Waals surface area contributed by atoms with Crippen LogP contribution in [0.15, 0.2) is 42.5 Å². The van der Waals surface area contributed by atoms with Crippen molar-refractivity contribution < 1.29 is 13.9 Å².